The van der Waals surface area contributed by atoms with Crippen LogP contribution >= 0.6 is 0 Å². The van der Waals surface area contributed by atoms with Gasteiger partial charge in [-0.2, -0.15) is 0 Å². The van der Waals surface area contributed by atoms with Crippen molar-refractivity contribution < 1.29 is 19.0 Å². The van der Waals surface area contributed by atoms with Crippen molar-refractivity contribution in [3.8, 4) is 11.5 Å². The number of carbonyl (C=O) groups is 1. The summed E-state index contributed by atoms with van der Waals surface area (Å²) < 4.78 is 15.2. The lowest BCUT2D eigenvalue weighted by Gasteiger charge is -2.15. The number of hydrogen-bond acceptors (Lipinski definition) is 4. The van der Waals surface area contributed by atoms with Gasteiger partial charge in [-0.15, -0.1) is 0 Å². The van der Waals surface area contributed by atoms with E-state index in [4.69, 9.17) is 14.2 Å². The molecule has 100 valence electrons. The van der Waals surface area contributed by atoms with Crippen LogP contribution in [0.1, 0.15) is 17.3 Å². The van der Waals surface area contributed by atoms with E-state index in [1.54, 1.807) is 32.4 Å². The van der Waals surface area contributed by atoms with Crippen molar-refractivity contribution in [3.63, 3.8) is 0 Å². The molecule has 0 aliphatic rings. The number of amides is 1. The number of nitrogens with one attached hydrogen (secondary N) is 1. The van der Waals surface area contributed by atoms with Crippen molar-refractivity contribution >= 4 is 5.91 Å². The molecule has 0 spiro atoms. The molecular formula is C13H19NO4. The van der Waals surface area contributed by atoms with Crippen LogP contribution in [0.5, 0.6) is 11.5 Å². The van der Waals surface area contributed by atoms with Crippen LogP contribution in [0.4, 0.5) is 0 Å². The zero-order valence-electron chi connectivity index (χ0n) is 11.1. The molecule has 5 heteroatoms. The quantitative estimate of drug-likeness (QED) is 0.834. The van der Waals surface area contributed by atoms with Gasteiger partial charge in [0.2, 0.25) is 0 Å². The molecular weight excluding hydrogens is 234 g/mol. The van der Waals surface area contributed by atoms with Crippen molar-refractivity contribution in [2.24, 2.45) is 0 Å². The van der Waals surface area contributed by atoms with Gasteiger partial charge in [-0.3, -0.25) is 4.79 Å². The summed E-state index contributed by atoms with van der Waals surface area (Å²) in [6, 6.07) is 5.01. The summed E-state index contributed by atoms with van der Waals surface area (Å²) in [6.07, 6.45) is 0. The highest BCUT2D eigenvalue weighted by Crippen LogP contribution is 2.24. The van der Waals surface area contributed by atoms with E-state index in [-0.39, 0.29) is 11.9 Å². The lowest BCUT2D eigenvalue weighted by Crippen LogP contribution is -2.35. The molecule has 0 bridgehead atoms. The summed E-state index contributed by atoms with van der Waals surface area (Å²) in [4.78, 5) is 12.0. The van der Waals surface area contributed by atoms with Crippen molar-refractivity contribution in [1.29, 1.82) is 0 Å². The van der Waals surface area contributed by atoms with Crippen molar-refractivity contribution in [2.75, 3.05) is 27.9 Å². The van der Waals surface area contributed by atoms with Crippen molar-refractivity contribution in [2.45, 2.75) is 13.0 Å². The van der Waals surface area contributed by atoms with Crippen LogP contribution in [-0.2, 0) is 4.74 Å². The van der Waals surface area contributed by atoms with Gasteiger partial charge >= 0.3 is 0 Å². The molecule has 1 unspecified atom stereocenters. The van der Waals surface area contributed by atoms with Gasteiger partial charge in [-0.1, -0.05) is 0 Å². The first kappa shape index (κ1) is 14.3. The molecule has 0 heterocycles. The standard InChI is InChI=1S/C13H19NO4/c1-9(8-16-2)14-13(15)11-6-5-10(17-3)7-12(11)18-4/h5-7,9H,8H2,1-4H3,(H,14,15). The van der Waals surface area contributed by atoms with E-state index < -0.39 is 0 Å². The first-order valence-corrected chi connectivity index (χ1v) is 5.64. The van der Waals surface area contributed by atoms with E-state index in [1.165, 1.54) is 7.11 Å². The topological polar surface area (TPSA) is 56.8 Å². The minimum atomic E-state index is -0.195. The van der Waals surface area contributed by atoms with Crippen LogP contribution in [-0.4, -0.2) is 39.9 Å². The average molecular weight is 253 g/mol. The van der Waals surface area contributed by atoms with Gasteiger partial charge in [-0.05, 0) is 19.1 Å². The Morgan fingerprint density at radius 3 is 2.56 bits per heavy atom. The van der Waals surface area contributed by atoms with Gasteiger partial charge in [-0.25, -0.2) is 0 Å². The van der Waals surface area contributed by atoms with Gasteiger partial charge in [0.25, 0.3) is 5.91 Å². The SMILES string of the molecule is COCC(C)NC(=O)c1ccc(OC)cc1OC. The van der Waals surface area contributed by atoms with E-state index >= 15 is 0 Å². The molecule has 1 rings (SSSR count). The van der Waals surface area contributed by atoms with Crippen molar-refractivity contribution in [1.82, 2.24) is 5.32 Å². The molecule has 1 atom stereocenters. The zero-order chi connectivity index (χ0) is 13.5. The number of rotatable bonds is 6. The minimum absolute atomic E-state index is 0.0608. The summed E-state index contributed by atoms with van der Waals surface area (Å²) in [5.74, 6) is 0.934. The zero-order valence-corrected chi connectivity index (χ0v) is 11.1. The monoisotopic (exact) mass is 253 g/mol. The van der Waals surface area contributed by atoms with E-state index in [0.29, 0.717) is 23.7 Å². The maximum Gasteiger partial charge on any atom is 0.255 e. The summed E-state index contributed by atoms with van der Waals surface area (Å²) in [5.41, 5.74) is 0.473. The largest absolute Gasteiger partial charge is 0.497 e. The number of hydrogen-bond donors (Lipinski definition) is 1. The van der Waals surface area contributed by atoms with Gasteiger partial charge < -0.3 is 19.5 Å². The maximum atomic E-state index is 12.0. The molecule has 0 radical (unpaired) electrons. The Bertz CT molecular complexity index is 406. The van der Waals surface area contributed by atoms with Crippen LogP contribution in [0.3, 0.4) is 0 Å². The van der Waals surface area contributed by atoms with E-state index in [0.717, 1.165) is 0 Å². The number of benzene rings is 1. The second-order valence-electron chi connectivity index (χ2n) is 3.90. The molecule has 0 saturated carbocycles. The molecule has 5 nitrogen and oxygen atoms in total. The van der Waals surface area contributed by atoms with Crippen molar-refractivity contribution in [3.05, 3.63) is 23.8 Å². The first-order chi connectivity index (χ1) is 8.62. The van der Waals surface area contributed by atoms with Crippen LogP contribution in [0.2, 0.25) is 0 Å². The second-order valence-corrected chi connectivity index (χ2v) is 3.90. The second kappa shape index (κ2) is 6.86. The molecule has 1 aromatic rings. The van der Waals surface area contributed by atoms with Crippen LogP contribution in [0.25, 0.3) is 0 Å². The average Bonchev–Trinajstić information content (AvgIpc) is 2.38. The molecule has 1 amide bonds. The molecule has 0 fully saturated rings. The van der Waals surface area contributed by atoms with Gasteiger partial charge in [0.1, 0.15) is 11.5 Å². The van der Waals surface area contributed by atoms with Gasteiger partial charge in [0, 0.05) is 19.2 Å². The Labute approximate surface area is 107 Å². The molecule has 18 heavy (non-hydrogen) atoms. The molecule has 0 saturated heterocycles. The predicted molar refractivity (Wildman–Crippen MR) is 68.4 cm³/mol. The van der Waals surface area contributed by atoms with Crippen LogP contribution in [0, 0.1) is 0 Å². The predicted octanol–water partition coefficient (Wildman–Crippen LogP) is 1.47. The van der Waals surface area contributed by atoms with E-state index in [9.17, 15) is 4.79 Å². The van der Waals surface area contributed by atoms with E-state index in [1.807, 2.05) is 6.92 Å². The fraction of sp³-hybridized carbons (Fsp3) is 0.462. The van der Waals surface area contributed by atoms with Crippen LogP contribution in [0.15, 0.2) is 18.2 Å². The summed E-state index contributed by atoms with van der Waals surface area (Å²) in [5, 5.41) is 2.82. The fourth-order valence-electron chi connectivity index (χ4n) is 1.58. The Balaban J connectivity index is 2.84. The molecule has 0 aromatic heterocycles. The third-order valence-corrected chi connectivity index (χ3v) is 2.45. The Morgan fingerprint density at radius 1 is 1.28 bits per heavy atom. The minimum Gasteiger partial charge on any atom is -0.497 e. The lowest BCUT2D eigenvalue weighted by molar-refractivity contribution is 0.0902. The Hall–Kier alpha value is -1.75. The highest BCUT2D eigenvalue weighted by molar-refractivity contribution is 5.97. The molecule has 1 N–H and O–H groups in total. The smallest absolute Gasteiger partial charge is 0.255 e. The highest BCUT2D eigenvalue weighted by Gasteiger charge is 2.15. The molecule has 0 aliphatic heterocycles. The molecule has 1 aromatic carbocycles. The summed E-state index contributed by atoms with van der Waals surface area (Å²) >= 11 is 0. The third-order valence-electron chi connectivity index (χ3n) is 2.45. The number of carbonyl (C=O) groups excluding carboxylic acids is 1. The third kappa shape index (κ3) is 3.63. The summed E-state index contributed by atoms with van der Waals surface area (Å²) in [6.45, 7) is 2.33. The van der Waals surface area contributed by atoms with Gasteiger partial charge in [0.15, 0.2) is 0 Å². The Morgan fingerprint density at radius 2 is 2.00 bits per heavy atom. The first-order valence-electron chi connectivity index (χ1n) is 5.64. The molecule has 0 aliphatic carbocycles. The Kier molecular flexibility index (Phi) is 5.45. The number of ether oxygens (including phenoxy) is 3. The lowest BCUT2D eigenvalue weighted by atomic mass is 10.1. The van der Waals surface area contributed by atoms with E-state index in [2.05, 4.69) is 5.32 Å². The summed E-state index contributed by atoms with van der Waals surface area (Å²) in [7, 11) is 4.68. The fourth-order valence-corrected chi connectivity index (χ4v) is 1.58. The number of methoxy groups -OCH3 is 3. The highest BCUT2D eigenvalue weighted by atomic mass is 16.5. The van der Waals surface area contributed by atoms with Gasteiger partial charge in [0.05, 0.1) is 26.4 Å². The normalized spacial score (nSPS) is 11.8. The van der Waals surface area contributed by atoms with Crippen LogP contribution < -0.4 is 14.8 Å². The maximum absolute atomic E-state index is 12.0.